The predicted molar refractivity (Wildman–Crippen MR) is 80.5 cm³/mol. The second-order valence-electron chi connectivity index (χ2n) is 5.37. The standard InChI is InChI=1S/C15H22FN3O2/c1-11-10-19(6-2-8-21-11)7-5-15(20)18-14-4-3-12(16)9-13(14)17/h3-4,9,11H,2,5-8,10,17H2,1H3,(H,18,20). The van der Waals surface area contributed by atoms with Crippen molar-refractivity contribution < 1.29 is 13.9 Å². The van der Waals surface area contributed by atoms with Crippen molar-refractivity contribution in [3.8, 4) is 0 Å². The molecule has 0 aromatic heterocycles. The van der Waals surface area contributed by atoms with Crippen LogP contribution in [0, 0.1) is 5.82 Å². The topological polar surface area (TPSA) is 67.6 Å². The Balaban J connectivity index is 1.81. The zero-order valence-corrected chi connectivity index (χ0v) is 12.3. The number of ether oxygens (including phenoxy) is 1. The first kappa shape index (κ1) is 15.7. The Labute approximate surface area is 124 Å². The summed E-state index contributed by atoms with van der Waals surface area (Å²) in [6, 6.07) is 3.95. The van der Waals surface area contributed by atoms with Gasteiger partial charge in [-0.15, -0.1) is 0 Å². The van der Waals surface area contributed by atoms with Crippen molar-refractivity contribution in [3.05, 3.63) is 24.0 Å². The first-order chi connectivity index (χ1) is 10.0. The molecule has 0 spiro atoms. The van der Waals surface area contributed by atoms with Crippen molar-refractivity contribution >= 4 is 17.3 Å². The van der Waals surface area contributed by atoms with Gasteiger partial charge in [0.25, 0.3) is 0 Å². The summed E-state index contributed by atoms with van der Waals surface area (Å²) in [4.78, 5) is 14.2. The van der Waals surface area contributed by atoms with Crippen LogP contribution in [0.3, 0.4) is 0 Å². The number of halogens is 1. The molecule has 0 aliphatic carbocycles. The summed E-state index contributed by atoms with van der Waals surface area (Å²) in [6.45, 7) is 5.27. The maximum atomic E-state index is 12.9. The molecule has 1 aromatic rings. The normalized spacial score (nSPS) is 20.0. The van der Waals surface area contributed by atoms with Gasteiger partial charge in [0.15, 0.2) is 0 Å². The molecule has 1 saturated heterocycles. The van der Waals surface area contributed by atoms with Crippen molar-refractivity contribution in [2.45, 2.75) is 25.9 Å². The van der Waals surface area contributed by atoms with E-state index in [0.717, 1.165) is 26.1 Å². The second-order valence-corrected chi connectivity index (χ2v) is 5.37. The average Bonchev–Trinajstić information content (AvgIpc) is 2.64. The van der Waals surface area contributed by atoms with Crippen molar-refractivity contribution in [3.63, 3.8) is 0 Å². The third-order valence-corrected chi connectivity index (χ3v) is 3.48. The van der Waals surface area contributed by atoms with Crippen LogP contribution >= 0.6 is 0 Å². The van der Waals surface area contributed by atoms with E-state index in [1.807, 2.05) is 6.92 Å². The van der Waals surface area contributed by atoms with E-state index in [1.165, 1.54) is 18.2 Å². The molecular formula is C15H22FN3O2. The van der Waals surface area contributed by atoms with Crippen LogP contribution in [-0.2, 0) is 9.53 Å². The van der Waals surface area contributed by atoms with Crippen molar-refractivity contribution in [2.24, 2.45) is 0 Å². The maximum absolute atomic E-state index is 12.9. The molecule has 1 atom stereocenters. The maximum Gasteiger partial charge on any atom is 0.225 e. The highest BCUT2D eigenvalue weighted by atomic mass is 19.1. The summed E-state index contributed by atoms with van der Waals surface area (Å²) < 4.78 is 18.5. The molecule has 0 bridgehead atoms. The van der Waals surface area contributed by atoms with Crippen LogP contribution in [-0.4, -0.2) is 43.2 Å². The number of nitrogens with zero attached hydrogens (tertiary/aromatic N) is 1. The summed E-state index contributed by atoms with van der Waals surface area (Å²) in [7, 11) is 0. The Morgan fingerprint density at radius 3 is 3.14 bits per heavy atom. The molecule has 116 valence electrons. The van der Waals surface area contributed by atoms with Gasteiger partial charge < -0.3 is 20.7 Å². The second kappa shape index (κ2) is 7.38. The van der Waals surface area contributed by atoms with E-state index < -0.39 is 5.82 Å². The SMILES string of the molecule is CC1CN(CCC(=O)Nc2ccc(F)cc2N)CCCO1. The van der Waals surface area contributed by atoms with E-state index >= 15 is 0 Å². The molecule has 21 heavy (non-hydrogen) atoms. The van der Waals surface area contributed by atoms with Crippen LogP contribution in [0.1, 0.15) is 19.8 Å². The molecule has 1 amide bonds. The zero-order chi connectivity index (χ0) is 15.2. The van der Waals surface area contributed by atoms with Crippen LogP contribution in [0.4, 0.5) is 15.8 Å². The Bertz CT molecular complexity index is 496. The molecule has 5 nitrogen and oxygen atoms in total. The zero-order valence-electron chi connectivity index (χ0n) is 12.3. The first-order valence-corrected chi connectivity index (χ1v) is 7.23. The number of benzene rings is 1. The number of rotatable bonds is 4. The Hall–Kier alpha value is -1.66. The van der Waals surface area contributed by atoms with Crippen molar-refractivity contribution in [2.75, 3.05) is 37.3 Å². The quantitative estimate of drug-likeness (QED) is 0.832. The summed E-state index contributed by atoms with van der Waals surface area (Å²) in [6.07, 6.45) is 1.56. The van der Waals surface area contributed by atoms with E-state index in [2.05, 4.69) is 10.2 Å². The highest BCUT2D eigenvalue weighted by Gasteiger charge is 2.16. The molecule has 0 radical (unpaired) electrons. The number of anilines is 2. The number of nitrogens with one attached hydrogen (secondary N) is 1. The lowest BCUT2D eigenvalue weighted by atomic mass is 10.2. The van der Waals surface area contributed by atoms with Gasteiger partial charge in [0.2, 0.25) is 5.91 Å². The number of carbonyl (C=O) groups is 1. The molecule has 1 fully saturated rings. The number of amides is 1. The number of carbonyl (C=O) groups excluding carboxylic acids is 1. The summed E-state index contributed by atoms with van der Waals surface area (Å²) in [5, 5.41) is 2.72. The lowest BCUT2D eigenvalue weighted by Crippen LogP contribution is -2.33. The molecular weight excluding hydrogens is 273 g/mol. The highest BCUT2D eigenvalue weighted by Crippen LogP contribution is 2.19. The molecule has 1 aliphatic heterocycles. The molecule has 6 heteroatoms. The molecule has 3 N–H and O–H groups in total. The number of nitrogens with two attached hydrogens (primary N) is 1. The van der Waals surface area contributed by atoms with E-state index in [0.29, 0.717) is 18.7 Å². The largest absolute Gasteiger partial charge is 0.397 e. The van der Waals surface area contributed by atoms with E-state index in [-0.39, 0.29) is 17.7 Å². The van der Waals surface area contributed by atoms with E-state index in [9.17, 15) is 9.18 Å². The summed E-state index contributed by atoms with van der Waals surface area (Å²) >= 11 is 0. The molecule has 1 aliphatic rings. The monoisotopic (exact) mass is 295 g/mol. The Kier molecular flexibility index (Phi) is 5.52. The average molecular weight is 295 g/mol. The summed E-state index contributed by atoms with van der Waals surface area (Å²) in [5.41, 5.74) is 6.35. The van der Waals surface area contributed by atoms with Gasteiger partial charge in [0.05, 0.1) is 17.5 Å². The molecule has 1 unspecified atom stereocenters. The predicted octanol–water partition coefficient (Wildman–Crippen LogP) is 1.85. The minimum absolute atomic E-state index is 0.119. The van der Waals surface area contributed by atoms with Gasteiger partial charge >= 0.3 is 0 Å². The van der Waals surface area contributed by atoms with Gasteiger partial charge in [-0.2, -0.15) is 0 Å². The fraction of sp³-hybridized carbons (Fsp3) is 0.533. The fourth-order valence-corrected chi connectivity index (χ4v) is 2.40. The number of hydrogen-bond donors (Lipinski definition) is 2. The van der Waals surface area contributed by atoms with Gasteiger partial charge in [-0.1, -0.05) is 0 Å². The minimum atomic E-state index is -0.413. The summed E-state index contributed by atoms with van der Waals surface area (Å²) in [5.74, 6) is -0.532. The van der Waals surface area contributed by atoms with Crippen molar-refractivity contribution in [1.29, 1.82) is 0 Å². The van der Waals surface area contributed by atoms with Crippen LogP contribution in [0.5, 0.6) is 0 Å². The first-order valence-electron chi connectivity index (χ1n) is 7.23. The van der Waals surface area contributed by atoms with Gasteiger partial charge in [0, 0.05) is 32.7 Å². The molecule has 0 saturated carbocycles. The molecule has 2 rings (SSSR count). The number of nitrogen functional groups attached to an aromatic ring is 1. The Morgan fingerprint density at radius 1 is 1.57 bits per heavy atom. The third kappa shape index (κ3) is 4.99. The highest BCUT2D eigenvalue weighted by molar-refractivity contribution is 5.93. The molecule has 1 aromatic carbocycles. The molecule has 1 heterocycles. The smallest absolute Gasteiger partial charge is 0.225 e. The van der Waals surface area contributed by atoms with Crippen LogP contribution < -0.4 is 11.1 Å². The fourth-order valence-electron chi connectivity index (χ4n) is 2.40. The minimum Gasteiger partial charge on any atom is -0.397 e. The van der Waals surface area contributed by atoms with E-state index in [4.69, 9.17) is 10.5 Å². The van der Waals surface area contributed by atoms with Crippen LogP contribution in [0.25, 0.3) is 0 Å². The van der Waals surface area contributed by atoms with Crippen LogP contribution in [0.2, 0.25) is 0 Å². The van der Waals surface area contributed by atoms with Gasteiger partial charge in [0.1, 0.15) is 5.82 Å². The van der Waals surface area contributed by atoms with E-state index in [1.54, 1.807) is 0 Å². The Morgan fingerprint density at radius 2 is 2.38 bits per heavy atom. The lowest BCUT2D eigenvalue weighted by molar-refractivity contribution is -0.116. The third-order valence-electron chi connectivity index (χ3n) is 3.48. The van der Waals surface area contributed by atoms with Gasteiger partial charge in [-0.05, 0) is 31.5 Å². The van der Waals surface area contributed by atoms with Crippen LogP contribution in [0.15, 0.2) is 18.2 Å². The lowest BCUT2D eigenvalue weighted by Gasteiger charge is -2.21. The van der Waals surface area contributed by atoms with Gasteiger partial charge in [-0.25, -0.2) is 4.39 Å². The van der Waals surface area contributed by atoms with Gasteiger partial charge in [-0.3, -0.25) is 4.79 Å². The van der Waals surface area contributed by atoms with Crippen molar-refractivity contribution in [1.82, 2.24) is 4.90 Å². The number of hydrogen-bond acceptors (Lipinski definition) is 4.